The van der Waals surface area contributed by atoms with Crippen molar-refractivity contribution < 1.29 is 19.0 Å². The van der Waals surface area contributed by atoms with Crippen LogP contribution in [-0.2, 0) is 5.41 Å². The predicted octanol–water partition coefficient (Wildman–Crippen LogP) is 2.58. The third-order valence-corrected chi connectivity index (χ3v) is 3.31. The molecular weight excluding hydrogens is 263 g/mol. The van der Waals surface area contributed by atoms with Crippen LogP contribution in [0, 0.1) is 5.82 Å². The van der Waals surface area contributed by atoms with E-state index in [1.54, 1.807) is 6.07 Å². The SMILES string of the molecule is COc1ccc(F)cc1C(C)(C)c1cc(C(=O)O)n[nH]1. The molecule has 1 aromatic heterocycles. The molecule has 0 saturated heterocycles. The molecule has 0 aliphatic heterocycles. The largest absolute Gasteiger partial charge is 0.496 e. The monoisotopic (exact) mass is 278 g/mol. The Balaban J connectivity index is 2.53. The Kier molecular flexibility index (Phi) is 3.48. The van der Waals surface area contributed by atoms with E-state index in [0.717, 1.165) is 0 Å². The van der Waals surface area contributed by atoms with Crippen molar-refractivity contribution in [3.05, 3.63) is 47.0 Å². The van der Waals surface area contributed by atoms with E-state index in [2.05, 4.69) is 10.2 Å². The van der Waals surface area contributed by atoms with Gasteiger partial charge in [-0.1, -0.05) is 13.8 Å². The normalized spacial score (nSPS) is 11.4. The molecule has 0 amide bonds. The van der Waals surface area contributed by atoms with Gasteiger partial charge in [-0.25, -0.2) is 9.18 Å². The molecule has 0 radical (unpaired) electrons. The summed E-state index contributed by atoms with van der Waals surface area (Å²) in [6, 6.07) is 5.67. The molecule has 2 N–H and O–H groups in total. The lowest BCUT2D eigenvalue weighted by Gasteiger charge is -2.25. The fourth-order valence-electron chi connectivity index (χ4n) is 2.07. The maximum Gasteiger partial charge on any atom is 0.356 e. The second-order valence-electron chi connectivity index (χ2n) is 4.94. The Hall–Kier alpha value is -2.37. The molecule has 0 fully saturated rings. The average molecular weight is 278 g/mol. The van der Waals surface area contributed by atoms with Crippen LogP contribution in [0.2, 0.25) is 0 Å². The smallest absolute Gasteiger partial charge is 0.356 e. The first-order chi connectivity index (χ1) is 9.36. The van der Waals surface area contributed by atoms with E-state index in [1.807, 2.05) is 13.8 Å². The number of aromatic nitrogens is 2. The van der Waals surface area contributed by atoms with E-state index in [1.165, 1.54) is 25.3 Å². The Morgan fingerprint density at radius 1 is 1.40 bits per heavy atom. The van der Waals surface area contributed by atoms with Gasteiger partial charge in [0.1, 0.15) is 11.6 Å². The van der Waals surface area contributed by atoms with Gasteiger partial charge in [0.2, 0.25) is 0 Å². The zero-order valence-electron chi connectivity index (χ0n) is 11.4. The van der Waals surface area contributed by atoms with Crippen molar-refractivity contribution in [3.63, 3.8) is 0 Å². The highest BCUT2D eigenvalue weighted by Gasteiger charge is 2.30. The highest BCUT2D eigenvalue weighted by atomic mass is 19.1. The maximum absolute atomic E-state index is 13.5. The van der Waals surface area contributed by atoms with Crippen LogP contribution in [0.3, 0.4) is 0 Å². The summed E-state index contributed by atoms with van der Waals surface area (Å²) >= 11 is 0. The number of rotatable bonds is 4. The lowest BCUT2D eigenvalue weighted by molar-refractivity contribution is 0.0690. The van der Waals surface area contributed by atoms with E-state index in [-0.39, 0.29) is 11.5 Å². The van der Waals surface area contributed by atoms with Crippen molar-refractivity contribution in [2.75, 3.05) is 7.11 Å². The summed E-state index contributed by atoms with van der Waals surface area (Å²) in [5.41, 5.74) is 0.427. The summed E-state index contributed by atoms with van der Waals surface area (Å²) in [5.74, 6) is -0.968. The van der Waals surface area contributed by atoms with Gasteiger partial charge in [-0.15, -0.1) is 0 Å². The Morgan fingerprint density at radius 3 is 2.65 bits per heavy atom. The van der Waals surface area contributed by atoms with Gasteiger partial charge in [0.25, 0.3) is 0 Å². The molecule has 1 heterocycles. The number of carbonyl (C=O) groups is 1. The number of carboxylic acids is 1. The molecule has 0 spiro atoms. The minimum atomic E-state index is -1.12. The number of aromatic carboxylic acids is 1. The van der Waals surface area contributed by atoms with E-state index < -0.39 is 11.4 Å². The second kappa shape index (κ2) is 4.96. The highest BCUT2D eigenvalue weighted by Crippen LogP contribution is 2.36. The number of ether oxygens (including phenoxy) is 1. The van der Waals surface area contributed by atoms with Crippen LogP contribution in [0.25, 0.3) is 0 Å². The number of nitrogens with one attached hydrogen (secondary N) is 1. The number of hydrogen-bond donors (Lipinski definition) is 2. The Morgan fingerprint density at radius 2 is 2.10 bits per heavy atom. The van der Waals surface area contributed by atoms with E-state index in [0.29, 0.717) is 17.0 Å². The molecule has 0 aliphatic carbocycles. The molecule has 2 rings (SSSR count). The van der Waals surface area contributed by atoms with Gasteiger partial charge < -0.3 is 9.84 Å². The van der Waals surface area contributed by atoms with Crippen molar-refractivity contribution >= 4 is 5.97 Å². The number of carboxylic acid groups (broad SMARTS) is 1. The van der Waals surface area contributed by atoms with Gasteiger partial charge in [-0.3, -0.25) is 5.10 Å². The van der Waals surface area contributed by atoms with Gasteiger partial charge in [0.15, 0.2) is 5.69 Å². The summed E-state index contributed by atoms with van der Waals surface area (Å²) in [7, 11) is 1.50. The first-order valence-corrected chi connectivity index (χ1v) is 5.99. The minimum absolute atomic E-state index is 0.0801. The van der Waals surface area contributed by atoms with Crippen molar-refractivity contribution in [3.8, 4) is 5.75 Å². The van der Waals surface area contributed by atoms with E-state index in [9.17, 15) is 9.18 Å². The standard InChI is InChI=1S/C14H15FN2O3/c1-14(2,12-7-10(13(18)19)16-17-12)9-6-8(15)4-5-11(9)20-3/h4-7H,1-3H3,(H,16,17)(H,18,19). The number of halogens is 1. The molecule has 0 saturated carbocycles. The van der Waals surface area contributed by atoms with E-state index >= 15 is 0 Å². The second-order valence-corrected chi connectivity index (χ2v) is 4.94. The topological polar surface area (TPSA) is 75.2 Å². The summed E-state index contributed by atoms with van der Waals surface area (Å²) in [4.78, 5) is 10.9. The quantitative estimate of drug-likeness (QED) is 0.901. The van der Waals surface area contributed by atoms with Crippen molar-refractivity contribution in [1.82, 2.24) is 10.2 Å². The maximum atomic E-state index is 13.5. The van der Waals surface area contributed by atoms with Crippen LogP contribution in [0.1, 0.15) is 35.6 Å². The zero-order chi connectivity index (χ0) is 14.9. The lowest BCUT2D eigenvalue weighted by Crippen LogP contribution is -2.21. The lowest BCUT2D eigenvalue weighted by atomic mass is 9.81. The fourth-order valence-corrected chi connectivity index (χ4v) is 2.07. The van der Waals surface area contributed by atoms with Gasteiger partial charge in [0.05, 0.1) is 7.11 Å². The van der Waals surface area contributed by atoms with Gasteiger partial charge >= 0.3 is 5.97 Å². The van der Waals surface area contributed by atoms with Crippen molar-refractivity contribution in [2.24, 2.45) is 0 Å². The summed E-state index contributed by atoms with van der Waals surface area (Å²) in [5, 5.41) is 15.3. The van der Waals surface area contributed by atoms with Crippen LogP contribution in [0.15, 0.2) is 24.3 Å². The van der Waals surface area contributed by atoms with Crippen LogP contribution in [0.4, 0.5) is 4.39 Å². The van der Waals surface area contributed by atoms with Gasteiger partial charge in [-0.05, 0) is 24.3 Å². The van der Waals surface area contributed by atoms with Gasteiger partial charge in [0, 0.05) is 16.7 Å². The molecule has 5 nitrogen and oxygen atoms in total. The minimum Gasteiger partial charge on any atom is -0.496 e. The molecule has 2 aromatic rings. The summed E-state index contributed by atoms with van der Waals surface area (Å²) < 4.78 is 18.7. The zero-order valence-corrected chi connectivity index (χ0v) is 11.4. The summed E-state index contributed by atoms with van der Waals surface area (Å²) in [6.45, 7) is 3.67. The third-order valence-electron chi connectivity index (χ3n) is 3.31. The molecule has 0 bridgehead atoms. The third kappa shape index (κ3) is 2.36. The molecule has 1 aromatic carbocycles. The van der Waals surface area contributed by atoms with Crippen molar-refractivity contribution in [2.45, 2.75) is 19.3 Å². The summed E-state index contributed by atoms with van der Waals surface area (Å²) in [6.07, 6.45) is 0. The van der Waals surface area contributed by atoms with Crippen molar-refractivity contribution in [1.29, 1.82) is 0 Å². The van der Waals surface area contributed by atoms with Crippen LogP contribution < -0.4 is 4.74 Å². The Bertz CT molecular complexity index is 650. The van der Waals surface area contributed by atoms with Crippen LogP contribution in [-0.4, -0.2) is 28.4 Å². The number of benzene rings is 1. The fraction of sp³-hybridized carbons (Fsp3) is 0.286. The van der Waals surface area contributed by atoms with Crippen LogP contribution in [0.5, 0.6) is 5.75 Å². The molecule has 6 heteroatoms. The van der Waals surface area contributed by atoms with E-state index in [4.69, 9.17) is 9.84 Å². The predicted molar refractivity (Wildman–Crippen MR) is 70.6 cm³/mol. The average Bonchev–Trinajstić information content (AvgIpc) is 2.89. The number of aromatic amines is 1. The van der Waals surface area contributed by atoms with Crippen LogP contribution >= 0.6 is 0 Å². The Labute approximate surface area is 115 Å². The molecule has 0 atom stereocenters. The molecule has 0 unspecified atom stereocenters. The first kappa shape index (κ1) is 14.0. The number of nitrogens with zero attached hydrogens (tertiary/aromatic N) is 1. The number of H-pyrrole nitrogens is 1. The number of hydrogen-bond acceptors (Lipinski definition) is 3. The molecular formula is C14H15FN2O3. The molecule has 106 valence electrons. The highest BCUT2D eigenvalue weighted by molar-refractivity contribution is 5.85. The molecule has 20 heavy (non-hydrogen) atoms. The molecule has 0 aliphatic rings. The number of methoxy groups -OCH3 is 1. The van der Waals surface area contributed by atoms with Gasteiger partial charge in [-0.2, -0.15) is 5.10 Å². The first-order valence-electron chi connectivity index (χ1n) is 5.99.